The van der Waals surface area contributed by atoms with Crippen LogP contribution in [0.25, 0.3) is 0 Å². The third-order valence-electron chi connectivity index (χ3n) is 0.940. The second-order valence-corrected chi connectivity index (χ2v) is 1.94. The van der Waals surface area contributed by atoms with E-state index in [4.69, 9.17) is 15.0 Å². The topological polar surface area (TPSA) is 57.5 Å². The molecule has 0 aliphatic carbocycles. The molecule has 2 N–H and O–H groups in total. The Labute approximate surface area is 94.8 Å². The molecule has 3 nitrogen and oxygen atoms in total. The van der Waals surface area contributed by atoms with Gasteiger partial charge >= 0.3 is 35.7 Å². The van der Waals surface area contributed by atoms with Crippen LogP contribution in [0, 0.1) is 6.92 Å². The molecule has 0 unspecified atom stereocenters. The fourth-order valence-corrected chi connectivity index (χ4v) is 0.534. The van der Waals surface area contributed by atoms with Gasteiger partial charge in [0.05, 0.1) is 0 Å². The zero-order chi connectivity index (χ0) is 8.69. The zero-order valence-electron chi connectivity index (χ0n) is 8.19. The van der Waals surface area contributed by atoms with Crippen molar-refractivity contribution in [1.29, 1.82) is 0 Å². The van der Waals surface area contributed by atoms with E-state index in [0.717, 1.165) is 0 Å². The van der Waals surface area contributed by atoms with Crippen molar-refractivity contribution in [1.82, 2.24) is 0 Å². The number of benzene rings is 1. The summed E-state index contributed by atoms with van der Waals surface area (Å²) in [5.74, 6) is 0. The van der Waals surface area contributed by atoms with Crippen LogP contribution in [0.4, 0.5) is 4.79 Å². The predicted molar refractivity (Wildman–Crippen MR) is 42.9 cm³/mol. The van der Waals surface area contributed by atoms with E-state index in [1.807, 2.05) is 18.2 Å². The van der Waals surface area contributed by atoms with Gasteiger partial charge in [-0.05, 0) is 6.92 Å². The molecule has 0 amide bonds. The minimum absolute atomic E-state index is 0. The van der Waals surface area contributed by atoms with Crippen molar-refractivity contribution in [2.75, 3.05) is 0 Å². The molecular weight excluding hydrogens is 167 g/mol. The molecule has 0 radical (unpaired) electrons. The van der Waals surface area contributed by atoms with E-state index >= 15 is 0 Å². The molecular formula is C8H11NaO3. The molecule has 1 rings (SSSR count). The Hall–Kier alpha value is -0.510. The summed E-state index contributed by atoms with van der Waals surface area (Å²) in [6.45, 7) is 2.08. The first-order valence-corrected chi connectivity index (χ1v) is 3.06. The normalized spacial score (nSPS) is 7.08. The average Bonchev–Trinajstić information content (AvgIpc) is 1.87. The molecule has 4 heteroatoms. The maximum atomic E-state index is 8.56. The van der Waals surface area contributed by atoms with Gasteiger partial charge in [0.25, 0.3) is 0 Å². The summed E-state index contributed by atoms with van der Waals surface area (Å²) in [5, 5.41) is 13.9. The smallest absolute Gasteiger partial charge is 1.00 e. The molecule has 0 aromatic heterocycles. The van der Waals surface area contributed by atoms with Crippen LogP contribution in [0.1, 0.15) is 6.99 Å². The van der Waals surface area contributed by atoms with E-state index in [1.165, 1.54) is 5.56 Å². The SMILES string of the molecule is Cc1ccccc1.O=C(O)O.[H-].[Na+]. The van der Waals surface area contributed by atoms with Crippen LogP contribution >= 0.6 is 0 Å². The molecule has 0 fully saturated rings. The van der Waals surface area contributed by atoms with Gasteiger partial charge in [-0.2, -0.15) is 0 Å². The van der Waals surface area contributed by atoms with Crippen molar-refractivity contribution in [3.8, 4) is 0 Å². The Balaban J connectivity index is -0.000000150. The molecule has 1 aromatic rings. The largest absolute Gasteiger partial charge is 1.00 e. The molecule has 0 spiro atoms. The van der Waals surface area contributed by atoms with Gasteiger partial charge in [0.15, 0.2) is 0 Å². The second kappa shape index (κ2) is 8.59. The maximum absolute atomic E-state index is 8.56. The van der Waals surface area contributed by atoms with Crippen molar-refractivity contribution in [2.45, 2.75) is 6.92 Å². The summed E-state index contributed by atoms with van der Waals surface area (Å²) in [7, 11) is 0. The van der Waals surface area contributed by atoms with Crippen LogP contribution in [-0.2, 0) is 0 Å². The maximum Gasteiger partial charge on any atom is 1.00 e. The second-order valence-electron chi connectivity index (χ2n) is 1.94. The minimum Gasteiger partial charge on any atom is -1.00 e. The Bertz CT molecular complexity index is 212. The van der Waals surface area contributed by atoms with E-state index in [1.54, 1.807) is 0 Å². The van der Waals surface area contributed by atoms with Gasteiger partial charge in [-0.25, -0.2) is 4.79 Å². The zero-order valence-corrected chi connectivity index (χ0v) is 9.19. The van der Waals surface area contributed by atoms with Crippen molar-refractivity contribution < 1.29 is 46.0 Å². The monoisotopic (exact) mass is 178 g/mol. The van der Waals surface area contributed by atoms with E-state index in [0.29, 0.717) is 0 Å². The van der Waals surface area contributed by atoms with Crippen molar-refractivity contribution in [3.05, 3.63) is 35.9 Å². The van der Waals surface area contributed by atoms with Gasteiger partial charge in [-0.15, -0.1) is 0 Å². The van der Waals surface area contributed by atoms with E-state index in [2.05, 4.69) is 19.1 Å². The van der Waals surface area contributed by atoms with E-state index in [-0.39, 0.29) is 31.0 Å². The first kappa shape index (κ1) is 14.0. The third kappa shape index (κ3) is 12.2. The molecule has 0 bridgehead atoms. The standard InChI is InChI=1S/C7H8.CH2O3.Na.H/c1-7-5-3-2-4-6-7;2-1(3)4;;/h2-6H,1H3;(H2,2,3,4);;/q;;+1;-1. The van der Waals surface area contributed by atoms with Gasteiger partial charge in [0, 0.05) is 0 Å². The number of hydrogen-bond donors (Lipinski definition) is 2. The number of carbonyl (C=O) groups is 1. The van der Waals surface area contributed by atoms with Crippen molar-refractivity contribution in [2.24, 2.45) is 0 Å². The summed E-state index contributed by atoms with van der Waals surface area (Å²) < 4.78 is 0. The number of rotatable bonds is 0. The fraction of sp³-hybridized carbons (Fsp3) is 0.125. The molecule has 1 aromatic carbocycles. The van der Waals surface area contributed by atoms with E-state index < -0.39 is 6.16 Å². The summed E-state index contributed by atoms with van der Waals surface area (Å²) in [4.78, 5) is 8.56. The fourth-order valence-electron chi connectivity index (χ4n) is 0.534. The summed E-state index contributed by atoms with van der Waals surface area (Å²) in [5.41, 5.74) is 1.32. The summed E-state index contributed by atoms with van der Waals surface area (Å²) in [6, 6.07) is 10.3. The molecule has 0 saturated carbocycles. The van der Waals surface area contributed by atoms with Crippen molar-refractivity contribution in [3.63, 3.8) is 0 Å². The Morgan fingerprint density at radius 2 is 1.58 bits per heavy atom. The summed E-state index contributed by atoms with van der Waals surface area (Å²) in [6.07, 6.45) is -1.83. The molecule has 0 aliphatic heterocycles. The Kier molecular flexibility index (Phi) is 10.0. The Morgan fingerprint density at radius 1 is 1.25 bits per heavy atom. The van der Waals surface area contributed by atoms with Gasteiger partial charge in [-0.1, -0.05) is 35.9 Å². The quantitative estimate of drug-likeness (QED) is 0.518. The minimum atomic E-state index is -1.83. The first-order valence-electron chi connectivity index (χ1n) is 3.06. The van der Waals surface area contributed by atoms with Crippen LogP contribution in [0.15, 0.2) is 30.3 Å². The number of hydrogen-bond acceptors (Lipinski definition) is 1. The average molecular weight is 178 g/mol. The number of aryl methyl sites for hydroxylation is 1. The molecule has 0 saturated heterocycles. The van der Waals surface area contributed by atoms with Crippen LogP contribution < -0.4 is 29.6 Å². The van der Waals surface area contributed by atoms with Gasteiger partial charge in [0.2, 0.25) is 0 Å². The molecule has 12 heavy (non-hydrogen) atoms. The van der Waals surface area contributed by atoms with Gasteiger partial charge in [-0.3, -0.25) is 0 Å². The van der Waals surface area contributed by atoms with Crippen LogP contribution in [0.2, 0.25) is 0 Å². The van der Waals surface area contributed by atoms with Gasteiger partial charge < -0.3 is 11.6 Å². The molecule has 0 aliphatic rings. The predicted octanol–water partition coefficient (Wildman–Crippen LogP) is -0.666. The van der Waals surface area contributed by atoms with Crippen molar-refractivity contribution >= 4 is 6.16 Å². The van der Waals surface area contributed by atoms with Crippen LogP contribution in [-0.4, -0.2) is 16.4 Å². The summed E-state index contributed by atoms with van der Waals surface area (Å²) >= 11 is 0. The third-order valence-corrected chi connectivity index (χ3v) is 0.940. The molecule has 62 valence electrons. The Morgan fingerprint density at radius 3 is 1.75 bits per heavy atom. The van der Waals surface area contributed by atoms with Crippen LogP contribution in [0.5, 0.6) is 0 Å². The molecule has 0 heterocycles. The first-order chi connectivity index (χ1) is 5.13. The van der Waals surface area contributed by atoms with Crippen LogP contribution in [0.3, 0.4) is 0 Å². The number of carboxylic acid groups (broad SMARTS) is 2. The molecule has 0 atom stereocenters. The van der Waals surface area contributed by atoms with E-state index in [9.17, 15) is 0 Å². The van der Waals surface area contributed by atoms with Gasteiger partial charge in [0.1, 0.15) is 0 Å².